The van der Waals surface area contributed by atoms with Gasteiger partial charge < -0.3 is 15.5 Å². The molecule has 1 unspecified atom stereocenters. The van der Waals surface area contributed by atoms with E-state index < -0.39 is 0 Å². The summed E-state index contributed by atoms with van der Waals surface area (Å²) in [4.78, 5) is 29.0. The van der Waals surface area contributed by atoms with Crippen LogP contribution >= 0.6 is 0 Å². The van der Waals surface area contributed by atoms with E-state index in [1.165, 1.54) is 0 Å². The third-order valence-corrected chi connectivity index (χ3v) is 5.68. The van der Waals surface area contributed by atoms with Crippen LogP contribution in [0.25, 0.3) is 0 Å². The first-order valence-corrected chi connectivity index (χ1v) is 10.4. The van der Waals surface area contributed by atoms with E-state index in [1.54, 1.807) is 0 Å². The molecule has 4 rings (SSSR count). The molecule has 2 heterocycles. The van der Waals surface area contributed by atoms with Crippen LogP contribution in [-0.4, -0.2) is 49.4 Å². The summed E-state index contributed by atoms with van der Waals surface area (Å²) in [5.74, 6) is 0.108. The van der Waals surface area contributed by atoms with E-state index in [2.05, 4.69) is 20.4 Å². The van der Waals surface area contributed by atoms with Crippen LogP contribution in [0, 0.1) is 0 Å². The second-order valence-corrected chi connectivity index (χ2v) is 7.71. The maximum absolute atomic E-state index is 13.0. The number of benzene rings is 2. The van der Waals surface area contributed by atoms with E-state index in [9.17, 15) is 9.59 Å². The number of nitrogens with zero attached hydrogens (tertiary/aromatic N) is 2. The predicted octanol–water partition coefficient (Wildman–Crippen LogP) is 2.08. The van der Waals surface area contributed by atoms with Crippen molar-refractivity contribution in [2.24, 2.45) is 0 Å². The van der Waals surface area contributed by atoms with E-state index in [0.717, 1.165) is 49.3 Å². The molecule has 2 saturated heterocycles. The summed E-state index contributed by atoms with van der Waals surface area (Å²) in [7, 11) is 0. The lowest BCUT2D eigenvalue weighted by atomic mass is 10.0. The topological polar surface area (TPSA) is 64.7 Å². The number of hydrogen-bond acceptors (Lipinski definition) is 4. The van der Waals surface area contributed by atoms with E-state index in [0.29, 0.717) is 19.6 Å². The number of amides is 2. The molecule has 29 heavy (non-hydrogen) atoms. The van der Waals surface area contributed by atoms with Gasteiger partial charge in [-0.2, -0.15) is 0 Å². The molecule has 0 bridgehead atoms. The quantitative estimate of drug-likeness (QED) is 0.790. The summed E-state index contributed by atoms with van der Waals surface area (Å²) in [5.41, 5.74) is 3.14. The van der Waals surface area contributed by atoms with Gasteiger partial charge in [-0.3, -0.25) is 14.5 Å². The van der Waals surface area contributed by atoms with Gasteiger partial charge in [0.1, 0.15) is 6.04 Å². The van der Waals surface area contributed by atoms with Crippen LogP contribution in [0.4, 0.5) is 5.69 Å². The fourth-order valence-corrected chi connectivity index (χ4v) is 4.13. The smallest absolute Gasteiger partial charge is 0.242 e. The summed E-state index contributed by atoms with van der Waals surface area (Å²) in [6.07, 6.45) is 2.29. The fraction of sp³-hybridized carbons (Fsp3) is 0.391. The second kappa shape index (κ2) is 9.09. The number of piperazine rings is 1. The Morgan fingerprint density at radius 2 is 1.72 bits per heavy atom. The average molecular weight is 393 g/mol. The zero-order valence-electron chi connectivity index (χ0n) is 16.6. The molecule has 2 fully saturated rings. The van der Waals surface area contributed by atoms with Crippen molar-refractivity contribution in [1.82, 2.24) is 15.5 Å². The highest BCUT2D eigenvalue weighted by Crippen LogP contribution is 2.25. The van der Waals surface area contributed by atoms with Crippen molar-refractivity contribution in [3.05, 3.63) is 65.7 Å². The molecule has 2 aromatic carbocycles. The van der Waals surface area contributed by atoms with Gasteiger partial charge in [-0.1, -0.05) is 42.5 Å². The molecule has 0 saturated carbocycles. The van der Waals surface area contributed by atoms with Crippen molar-refractivity contribution in [1.29, 1.82) is 0 Å². The van der Waals surface area contributed by atoms with Crippen molar-refractivity contribution in [3.8, 4) is 0 Å². The van der Waals surface area contributed by atoms with Gasteiger partial charge >= 0.3 is 0 Å². The van der Waals surface area contributed by atoms with Crippen molar-refractivity contribution < 1.29 is 9.59 Å². The minimum absolute atomic E-state index is 0.0508. The van der Waals surface area contributed by atoms with E-state index >= 15 is 0 Å². The van der Waals surface area contributed by atoms with Gasteiger partial charge in [0.15, 0.2) is 0 Å². The van der Waals surface area contributed by atoms with Gasteiger partial charge in [-0.05, 0) is 49.2 Å². The lowest BCUT2D eigenvalue weighted by molar-refractivity contribution is -0.126. The molecule has 2 aliphatic heterocycles. The molecule has 1 atom stereocenters. The van der Waals surface area contributed by atoms with Gasteiger partial charge in [0.05, 0.1) is 6.54 Å². The highest BCUT2D eigenvalue weighted by Gasteiger charge is 2.29. The molecule has 2 N–H and O–H groups in total. The van der Waals surface area contributed by atoms with Crippen LogP contribution in [0.1, 0.15) is 30.0 Å². The SMILES string of the molecule is O=C1CN(c2ccc(CNC(=O)C(c3ccccc3)N3CCCC3)cc2)CCN1. The molecule has 6 nitrogen and oxygen atoms in total. The van der Waals surface area contributed by atoms with Crippen LogP contribution in [0.15, 0.2) is 54.6 Å². The van der Waals surface area contributed by atoms with Crippen molar-refractivity contribution in [2.75, 3.05) is 37.6 Å². The highest BCUT2D eigenvalue weighted by atomic mass is 16.2. The first kappa shape index (κ1) is 19.5. The number of anilines is 1. The summed E-state index contributed by atoms with van der Waals surface area (Å²) >= 11 is 0. The van der Waals surface area contributed by atoms with E-state index in [-0.39, 0.29) is 17.9 Å². The molecule has 152 valence electrons. The molecular formula is C23H28N4O2. The standard InChI is InChI=1S/C23H28N4O2/c28-21-17-27(15-12-24-21)20-10-8-18(9-11-20)16-25-23(29)22(26-13-4-5-14-26)19-6-2-1-3-7-19/h1-3,6-11,22H,4-5,12-17H2,(H,24,28)(H,25,29). The molecule has 0 radical (unpaired) electrons. The fourth-order valence-electron chi connectivity index (χ4n) is 4.13. The third-order valence-electron chi connectivity index (χ3n) is 5.68. The average Bonchev–Trinajstić information content (AvgIpc) is 3.28. The number of likely N-dealkylation sites (tertiary alicyclic amines) is 1. The lowest BCUT2D eigenvalue weighted by Gasteiger charge is -2.29. The third kappa shape index (κ3) is 4.77. The molecule has 0 aromatic heterocycles. The molecule has 2 aromatic rings. The zero-order valence-corrected chi connectivity index (χ0v) is 16.6. The number of rotatable bonds is 6. The molecule has 2 aliphatic rings. The van der Waals surface area contributed by atoms with Crippen molar-refractivity contribution in [2.45, 2.75) is 25.4 Å². The summed E-state index contributed by atoms with van der Waals surface area (Å²) in [6.45, 7) is 4.31. The number of hydrogen-bond donors (Lipinski definition) is 2. The number of nitrogens with one attached hydrogen (secondary N) is 2. The number of carbonyl (C=O) groups excluding carboxylic acids is 2. The Kier molecular flexibility index (Phi) is 6.10. The Balaban J connectivity index is 1.39. The summed E-state index contributed by atoms with van der Waals surface area (Å²) in [6, 6.07) is 17.9. The Morgan fingerprint density at radius 1 is 1.00 bits per heavy atom. The monoisotopic (exact) mass is 392 g/mol. The first-order valence-electron chi connectivity index (χ1n) is 10.4. The zero-order chi connectivity index (χ0) is 20.1. The molecule has 2 amide bonds. The maximum atomic E-state index is 13.0. The lowest BCUT2D eigenvalue weighted by Crippen LogP contribution is -2.47. The van der Waals surface area contributed by atoms with Gasteiger partial charge in [0, 0.05) is 25.3 Å². The van der Waals surface area contributed by atoms with Crippen LogP contribution in [0.5, 0.6) is 0 Å². The van der Waals surface area contributed by atoms with Crippen molar-refractivity contribution >= 4 is 17.5 Å². The molecule has 0 aliphatic carbocycles. The minimum Gasteiger partial charge on any atom is -0.360 e. The number of carbonyl (C=O) groups is 2. The molecule has 0 spiro atoms. The molecule has 6 heteroatoms. The largest absolute Gasteiger partial charge is 0.360 e. The first-order chi connectivity index (χ1) is 14.2. The van der Waals surface area contributed by atoms with Crippen LogP contribution < -0.4 is 15.5 Å². The van der Waals surface area contributed by atoms with Gasteiger partial charge in [0.25, 0.3) is 0 Å². The van der Waals surface area contributed by atoms with Crippen LogP contribution in [-0.2, 0) is 16.1 Å². The summed E-state index contributed by atoms with van der Waals surface area (Å²) < 4.78 is 0. The van der Waals surface area contributed by atoms with Gasteiger partial charge in [0.2, 0.25) is 11.8 Å². The highest BCUT2D eigenvalue weighted by molar-refractivity contribution is 5.83. The Bertz CT molecular complexity index is 832. The van der Waals surface area contributed by atoms with Crippen LogP contribution in [0.2, 0.25) is 0 Å². The maximum Gasteiger partial charge on any atom is 0.242 e. The van der Waals surface area contributed by atoms with Gasteiger partial charge in [-0.15, -0.1) is 0 Å². The minimum atomic E-state index is -0.232. The van der Waals surface area contributed by atoms with Crippen LogP contribution in [0.3, 0.4) is 0 Å². The second-order valence-electron chi connectivity index (χ2n) is 7.71. The Labute approximate surface area is 171 Å². The van der Waals surface area contributed by atoms with Gasteiger partial charge in [-0.25, -0.2) is 0 Å². The normalized spacial score (nSPS) is 18.3. The van der Waals surface area contributed by atoms with E-state index in [4.69, 9.17) is 0 Å². The predicted molar refractivity (Wildman–Crippen MR) is 114 cm³/mol. The van der Waals surface area contributed by atoms with E-state index in [1.807, 2.05) is 54.6 Å². The molecular weight excluding hydrogens is 364 g/mol. The Hall–Kier alpha value is -2.86. The Morgan fingerprint density at radius 3 is 2.41 bits per heavy atom. The van der Waals surface area contributed by atoms with Crippen molar-refractivity contribution in [3.63, 3.8) is 0 Å². The summed E-state index contributed by atoms with van der Waals surface area (Å²) in [5, 5.41) is 5.96.